The summed E-state index contributed by atoms with van der Waals surface area (Å²) in [7, 11) is 0. The predicted molar refractivity (Wildman–Crippen MR) is 67.1 cm³/mol. The molecule has 1 saturated carbocycles. The van der Waals surface area contributed by atoms with Crippen LogP contribution in [-0.2, 0) is 6.42 Å². The molecule has 1 aromatic rings. The summed E-state index contributed by atoms with van der Waals surface area (Å²) < 4.78 is 39.7. The molecule has 1 fully saturated rings. The largest absolute Gasteiger partial charge is 0.573 e. The van der Waals surface area contributed by atoms with Gasteiger partial charge in [0.2, 0.25) is 0 Å². The molecular weight excluding hydrogens is 255 g/mol. The van der Waals surface area contributed by atoms with Crippen LogP contribution in [-0.4, -0.2) is 18.9 Å². The number of unbranched alkanes of at least 4 members (excludes halogenated alkanes) is 1. The standard InChI is InChI=1S/C14H18F3NO/c15-14(16,17)19-13-8-4-11(5-9-13)3-1-2-10-18-12-6-7-12/h4-5,8-9,12,18H,1-3,6-7,10H2. The van der Waals surface area contributed by atoms with Crippen LogP contribution < -0.4 is 10.1 Å². The molecule has 0 radical (unpaired) electrons. The molecule has 2 nitrogen and oxygen atoms in total. The first kappa shape index (κ1) is 14.2. The normalized spacial score (nSPS) is 15.5. The summed E-state index contributed by atoms with van der Waals surface area (Å²) in [5.74, 6) is -0.161. The van der Waals surface area contributed by atoms with Crippen molar-refractivity contribution in [1.29, 1.82) is 0 Å². The average Bonchev–Trinajstić information content (AvgIpc) is 3.13. The second-order valence-electron chi connectivity index (χ2n) is 4.88. The highest BCUT2D eigenvalue weighted by molar-refractivity contribution is 5.27. The summed E-state index contributed by atoms with van der Waals surface area (Å²) in [6, 6.07) is 6.85. The molecule has 2 rings (SSSR count). The molecule has 1 aliphatic rings. The molecule has 0 amide bonds. The molecule has 0 saturated heterocycles. The zero-order valence-corrected chi connectivity index (χ0v) is 10.7. The first-order chi connectivity index (χ1) is 9.03. The van der Waals surface area contributed by atoms with Gasteiger partial charge in [0.1, 0.15) is 5.75 Å². The maximum absolute atomic E-state index is 12.0. The fraction of sp³-hybridized carbons (Fsp3) is 0.571. The van der Waals surface area contributed by atoms with Crippen molar-refractivity contribution in [3.05, 3.63) is 29.8 Å². The highest BCUT2D eigenvalue weighted by Crippen LogP contribution is 2.23. The highest BCUT2D eigenvalue weighted by Gasteiger charge is 2.30. The van der Waals surface area contributed by atoms with E-state index in [1.807, 2.05) is 0 Å². The Bertz CT molecular complexity index is 385. The molecule has 0 aromatic heterocycles. The van der Waals surface area contributed by atoms with Crippen molar-refractivity contribution in [3.63, 3.8) is 0 Å². The fourth-order valence-corrected chi connectivity index (χ4v) is 1.91. The second kappa shape index (κ2) is 6.28. The van der Waals surface area contributed by atoms with Crippen molar-refractivity contribution in [1.82, 2.24) is 5.32 Å². The third-order valence-corrected chi connectivity index (χ3v) is 3.06. The molecule has 0 spiro atoms. The smallest absolute Gasteiger partial charge is 0.406 e. The molecule has 0 atom stereocenters. The maximum Gasteiger partial charge on any atom is 0.573 e. The maximum atomic E-state index is 12.0. The van der Waals surface area contributed by atoms with Crippen LogP contribution >= 0.6 is 0 Å². The van der Waals surface area contributed by atoms with Crippen molar-refractivity contribution in [2.45, 2.75) is 44.5 Å². The Morgan fingerprint density at radius 3 is 2.37 bits per heavy atom. The van der Waals surface area contributed by atoms with Crippen LogP contribution in [0.1, 0.15) is 31.2 Å². The topological polar surface area (TPSA) is 21.3 Å². The van der Waals surface area contributed by atoms with E-state index in [1.54, 1.807) is 12.1 Å². The fourth-order valence-electron chi connectivity index (χ4n) is 1.91. The molecule has 0 bridgehead atoms. The van der Waals surface area contributed by atoms with Gasteiger partial charge in [0.15, 0.2) is 0 Å². The van der Waals surface area contributed by atoms with E-state index < -0.39 is 6.36 Å². The van der Waals surface area contributed by atoms with Crippen molar-refractivity contribution < 1.29 is 17.9 Å². The third-order valence-electron chi connectivity index (χ3n) is 3.06. The van der Waals surface area contributed by atoms with Gasteiger partial charge in [0.05, 0.1) is 0 Å². The van der Waals surface area contributed by atoms with Gasteiger partial charge in [-0.15, -0.1) is 13.2 Å². The molecule has 0 aliphatic heterocycles. The van der Waals surface area contributed by atoms with Crippen LogP contribution in [0.3, 0.4) is 0 Å². The lowest BCUT2D eigenvalue weighted by Crippen LogP contribution is -2.17. The van der Waals surface area contributed by atoms with Gasteiger partial charge in [-0.05, 0) is 56.3 Å². The molecule has 0 heterocycles. The number of hydrogen-bond acceptors (Lipinski definition) is 2. The van der Waals surface area contributed by atoms with Gasteiger partial charge in [0, 0.05) is 6.04 Å². The van der Waals surface area contributed by atoms with E-state index in [4.69, 9.17) is 0 Å². The molecule has 1 aliphatic carbocycles. The van der Waals surface area contributed by atoms with E-state index in [-0.39, 0.29) is 5.75 Å². The monoisotopic (exact) mass is 273 g/mol. The van der Waals surface area contributed by atoms with E-state index in [1.165, 1.54) is 25.0 Å². The molecule has 1 aromatic carbocycles. The lowest BCUT2D eigenvalue weighted by molar-refractivity contribution is -0.274. The Labute approximate surface area is 111 Å². The molecular formula is C14H18F3NO. The SMILES string of the molecule is FC(F)(F)Oc1ccc(CCCCNC2CC2)cc1. The minimum atomic E-state index is -4.62. The molecule has 5 heteroatoms. The Morgan fingerprint density at radius 1 is 1.11 bits per heavy atom. The van der Waals surface area contributed by atoms with Gasteiger partial charge in [-0.1, -0.05) is 12.1 Å². The lowest BCUT2D eigenvalue weighted by atomic mass is 10.1. The summed E-state index contributed by atoms with van der Waals surface area (Å²) in [6.07, 6.45) is 0.993. The first-order valence-corrected chi connectivity index (χ1v) is 6.61. The van der Waals surface area contributed by atoms with E-state index in [9.17, 15) is 13.2 Å². The number of nitrogens with one attached hydrogen (secondary N) is 1. The molecule has 1 N–H and O–H groups in total. The summed E-state index contributed by atoms with van der Waals surface area (Å²) in [5.41, 5.74) is 1.04. The number of benzene rings is 1. The minimum absolute atomic E-state index is 0.161. The van der Waals surface area contributed by atoms with Crippen LogP contribution in [0.5, 0.6) is 5.75 Å². The van der Waals surface area contributed by atoms with Crippen LogP contribution in [0.2, 0.25) is 0 Å². The van der Waals surface area contributed by atoms with E-state index in [0.29, 0.717) is 0 Å². The van der Waals surface area contributed by atoms with Crippen molar-refractivity contribution in [3.8, 4) is 5.75 Å². The summed E-state index contributed by atoms with van der Waals surface area (Å²) in [4.78, 5) is 0. The van der Waals surface area contributed by atoms with Crippen molar-refractivity contribution in [2.75, 3.05) is 6.54 Å². The number of halogens is 3. The number of ether oxygens (including phenoxy) is 1. The van der Waals surface area contributed by atoms with Gasteiger partial charge >= 0.3 is 6.36 Å². The van der Waals surface area contributed by atoms with Crippen molar-refractivity contribution in [2.24, 2.45) is 0 Å². The Hall–Kier alpha value is -1.23. The van der Waals surface area contributed by atoms with Crippen LogP contribution in [0.4, 0.5) is 13.2 Å². The summed E-state index contributed by atoms with van der Waals surface area (Å²) in [6.45, 7) is 1.03. The van der Waals surface area contributed by atoms with Crippen molar-refractivity contribution >= 4 is 0 Å². The van der Waals surface area contributed by atoms with E-state index >= 15 is 0 Å². The lowest BCUT2D eigenvalue weighted by Gasteiger charge is -2.09. The zero-order valence-electron chi connectivity index (χ0n) is 10.7. The van der Waals surface area contributed by atoms with Gasteiger partial charge in [0.25, 0.3) is 0 Å². The van der Waals surface area contributed by atoms with E-state index in [2.05, 4.69) is 10.1 Å². The minimum Gasteiger partial charge on any atom is -0.406 e. The van der Waals surface area contributed by atoms with Crippen LogP contribution in [0, 0.1) is 0 Å². The zero-order chi connectivity index (χ0) is 13.7. The van der Waals surface area contributed by atoms with Gasteiger partial charge in [-0.25, -0.2) is 0 Å². The first-order valence-electron chi connectivity index (χ1n) is 6.61. The third kappa shape index (κ3) is 5.96. The number of hydrogen-bond donors (Lipinski definition) is 1. The number of alkyl halides is 3. The molecule has 106 valence electrons. The van der Waals surface area contributed by atoms with E-state index in [0.717, 1.165) is 37.4 Å². The van der Waals surface area contributed by atoms with Gasteiger partial charge in [-0.3, -0.25) is 0 Å². The Kier molecular flexibility index (Phi) is 4.69. The van der Waals surface area contributed by atoms with Gasteiger partial charge in [-0.2, -0.15) is 0 Å². The highest BCUT2D eigenvalue weighted by atomic mass is 19.4. The average molecular weight is 273 g/mol. The van der Waals surface area contributed by atoms with Crippen LogP contribution in [0.25, 0.3) is 0 Å². The Morgan fingerprint density at radius 2 is 1.79 bits per heavy atom. The number of rotatable bonds is 7. The van der Waals surface area contributed by atoms with Gasteiger partial charge < -0.3 is 10.1 Å². The van der Waals surface area contributed by atoms with Crippen LogP contribution in [0.15, 0.2) is 24.3 Å². The Balaban J connectivity index is 1.66. The molecule has 0 unspecified atom stereocenters. The molecule has 19 heavy (non-hydrogen) atoms. The number of aryl methyl sites for hydroxylation is 1. The predicted octanol–water partition coefficient (Wildman–Crippen LogP) is 3.66. The quantitative estimate of drug-likeness (QED) is 0.765. The summed E-state index contributed by atoms with van der Waals surface area (Å²) >= 11 is 0. The summed E-state index contributed by atoms with van der Waals surface area (Å²) in [5, 5.41) is 3.43. The second-order valence-corrected chi connectivity index (χ2v) is 4.88.